The maximum Gasteiger partial charge on any atom is 0.174 e. The molecule has 0 saturated carbocycles. The van der Waals surface area contributed by atoms with Gasteiger partial charge in [0.2, 0.25) is 0 Å². The van der Waals surface area contributed by atoms with Gasteiger partial charge in [-0.25, -0.2) is 0 Å². The Morgan fingerprint density at radius 1 is 1.08 bits per heavy atom. The number of para-hydroxylation sites is 1. The van der Waals surface area contributed by atoms with Gasteiger partial charge in [0, 0.05) is 30.3 Å². The van der Waals surface area contributed by atoms with Crippen LogP contribution < -0.4 is 5.32 Å². The lowest BCUT2D eigenvalue weighted by Gasteiger charge is -2.37. The molecule has 0 aromatic heterocycles. The van der Waals surface area contributed by atoms with E-state index in [1.54, 1.807) is 0 Å². The number of benzene rings is 2. The van der Waals surface area contributed by atoms with Crippen LogP contribution in [0.2, 0.25) is 5.02 Å². The minimum absolute atomic E-state index is 0.796. The minimum atomic E-state index is 0.796. The van der Waals surface area contributed by atoms with E-state index in [1.807, 2.05) is 24.3 Å². The maximum absolute atomic E-state index is 6.30. The van der Waals surface area contributed by atoms with Gasteiger partial charge in [-0.1, -0.05) is 54.9 Å². The Bertz CT molecular complexity index is 734. The van der Waals surface area contributed by atoms with E-state index in [0.29, 0.717) is 0 Å². The lowest BCUT2D eigenvalue weighted by molar-refractivity contribution is 0.134. The first-order chi connectivity index (χ1) is 12.2. The molecule has 0 unspecified atom stereocenters. The number of hydrogen-bond donors (Lipinski definition) is 1. The van der Waals surface area contributed by atoms with Gasteiger partial charge in [-0.15, -0.1) is 0 Å². The molecule has 3 rings (SSSR count). The molecule has 132 valence electrons. The quantitative estimate of drug-likeness (QED) is 0.778. The van der Waals surface area contributed by atoms with E-state index in [2.05, 4.69) is 46.3 Å². The van der Waals surface area contributed by atoms with Gasteiger partial charge in [0.25, 0.3) is 0 Å². The van der Waals surface area contributed by atoms with Gasteiger partial charge in [0.05, 0.1) is 6.67 Å². The van der Waals surface area contributed by atoms with Gasteiger partial charge in [-0.2, -0.15) is 0 Å². The van der Waals surface area contributed by atoms with Crippen molar-refractivity contribution in [2.45, 2.75) is 26.3 Å². The summed E-state index contributed by atoms with van der Waals surface area (Å²) in [5.41, 5.74) is 3.56. The second-order valence-corrected chi connectivity index (χ2v) is 7.14. The number of halogens is 1. The predicted octanol–water partition coefficient (Wildman–Crippen LogP) is 4.76. The fourth-order valence-electron chi connectivity index (χ4n) is 3.18. The number of anilines is 1. The summed E-state index contributed by atoms with van der Waals surface area (Å²) in [6, 6.07) is 16.4. The minimum Gasteiger partial charge on any atom is -0.336 e. The van der Waals surface area contributed by atoms with Crippen molar-refractivity contribution in [1.82, 2.24) is 9.80 Å². The van der Waals surface area contributed by atoms with E-state index in [0.717, 1.165) is 55.0 Å². The van der Waals surface area contributed by atoms with Crippen molar-refractivity contribution in [2.24, 2.45) is 0 Å². The highest BCUT2D eigenvalue weighted by atomic mass is 35.5. The van der Waals surface area contributed by atoms with Crippen LogP contribution >= 0.6 is 23.8 Å². The molecular weight excluding hydrogens is 350 g/mol. The van der Waals surface area contributed by atoms with E-state index < -0.39 is 0 Å². The first kappa shape index (κ1) is 18.2. The molecule has 1 heterocycles. The smallest absolute Gasteiger partial charge is 0.174 e. The van der Waals surface area contributed by atoms with Gasteiger partial charge >= 0.3 is 0 Å². The standard InChI is InChI=1S/C20H24ClN3S/c1-2-16-8-4-6-11-19(16)22-20(25)24-13-7-12-23(15-24)14-17-9-3-5-10-18(17)21/h3-6,8-11H,2,7,12-15H2,1H3,(H,22,25). The highest BCUT2D eigenvalue weighted by Crippen LogP contribution is 2.20. The Balaban J connectivity index is 1.63. The van der Waals surface area contributed by atoms with E-state index in [-0.39, 0.29) is 0 Å². The number of nitrogens with one attached hydrogen (secondary N) is 1. The van der Waals surface area contributed by atoms with Crippen LogP contribution in [-0.2, 0) is 13.0 Å². The number of nitrogens with zero attached hydrogens (tertiary/aromatic N) is 2. The second-order valence-electron chi connectivity index (χ2n) is 6.34. The van der Waals surface area contributed by atoms with E-state index in [1.165, 1.54) is 11.1 Å². The molecule has 1 fully saturated rings. The van der Waals surface area contributed by atoms with Crippen LogP contribution in [0.4, 0.5) is 5.69 Å². The van der Waals surface area contributed by atoms with Crippen LogP contribution in [0.25, 0.3) is 0 Å². The average molecular weight is 374 g/mol. The van der Waals surface area contributed by atoms with E-state index in [9.17, 15) is 0 Å². The van der Waals surface area contributed by atoms with Crippen molar-refractivity contribution in [2.75, 3.05) is 25.1 Å². The van der Waals surface area contributed by atoms with Crippen LogP contribution in [0, 0.1) is 0 Å². The topological polar surface area (TPSA) is 18.5 Å². The highest BCUT2D eigenvalue weighted by Gasteiger charge is 2.20. The van der Waals surface area contributed by atoms with Crippen molar-refractivity contribution in [3.8, 4) is 0 Å². The average Bonchev–Trinajstić information content (AvgIpc) is 2.64. The molecule has 1 saturated heterocycles. The van der Waals surface area contributed by atoms with Crippen LogP contribution in [0.15, 0.2) is 48.5 Å². The molecule has 1 aliphatic rings. The SMILES string of the molecule is CCc1ccccc1NC(=S)N1CCCN(Cc2ccccc2Cl)C1. The lowest BCUT2D eigenvalue weighted by atomic mass is 10.1. The molecule has 1 N–H and O–H groups in total. The third kappa shape index (κ3) is 4.72. The Labute approximate surface area is 160 Å². The van der Waals surface area contributed by atoms with Crippen LogP contribution in [0.3, 0.4) is 0 Å². The Kier molecular flexibility index (Phi) is 6.29. The van der Waals surface area contributed by atoms with Crippen LogP contribution in [-0.4, -0.2) is 34.7 Å². The number of rotatable bonds is 4. The molecule has 25 heavy (non-hydrogen) atoms. The molecule has 0 spiro atoms. The number of thiocarbonyl (C=S) groups is 1. The lowest BCUT2D eigenvalue weighted by Crippen LogP contribution is -2.48. The summed E-state index contributed by atoms with van der Waals surface area (Å²) in [4.78, 5) is 4.63. The zero-order chi connectivity index (χ0) is 17.6. The van der Waals surface area contributed by atoms with Crippen molar-refractivity contribution in [3.05, 3.63) is 64.7 Å². The zero-order valence-electron chi connectivity index (χ0n) is 14.5. The third-order valence-electron chi connectivity index (χ3n) is 4.55. The monoisotopic (exact) mass is 373 g/mol. The van der Waals surface area contributed by atoms with E-state index in [4.69, 9.17) is 23.8 Å². The van der Waals surface area contributed by atoms with Crippen LogP contribution in [0.5, 0.6) is 0 Å². The normalized spacial score (nSPS) is 15.2. The van der Waals surface area contributed by atoms with Crippen molar-refractivity contribution in [1.29, 1.82) is 0 Å². The van der Waals surface area contributed by atoms with Gasteiger partial charge in [-0.3, -0.25) is 4.90 Å². The zero-order valence-corrected chi connectivity index (χ0v) is 16.1. The molecule has 0 amide bonds. The van der Waals surface area contributed by atoms with Gasteiger partial charge in [0.15, 0.2) is 5.11 Å². The van der Waals surface area contributed by atoms with Gasteiger partial charge in [0.1, 0.15) is 0 Å². The van der Waals surface area contributed by atoms with Gasteiger partial charge in [-0.05, 0) is 48.3 Å². The Morgan fingerprint density at radius 2 is 1.80 bits per heavy atom. The molecule has 0 atom stereocenters. The fraction of sp³-hybridized carbons (Fsp3) is 0.350. The van der Waals surface area contributed by atoms with E-state index >= 15 is 0 Å². The van der Waals surface area contributed by atoms with Crippen molar-refractivity contribution >= 4 is 34.6 Å². The van der Waals surface area contributed by atoms with Gasteiger partial charge < -0.3 is 10.2 Å². The molecule has 2 aromatic carbocycles. The first-order valence-electron chi connectivity index (χ1n) is 8.77. The summed E-state index contributed by atoms with van der Waals surface area (Å²) in [5, 5.41) is 5.06. The van der Waals surface area contributed by atoms with Crippen molar-refractivity contribution < 1.29 is 0 Å². The highest BCUT2D eigenvalue weighted by molar-refractivity contribution is 7.80. The molecule has 3 nitrogen and oxygen atoms in total. The maximum atomic E-state index is 6.30. The summed E-state index contributed by atoms with van der Waals surface area (Å²) >= 11 is 12.0. The summed E-state index contributed by atoms with van der Waals surface area (Å²) in [6.07, 6.45) is 2.09. The van der Waals surface area contributed by atoms with Crippen molar-refractivity contribution in [3.63, 3.8) is 0 Å². The first-order valence-corrected chi connectivity index (χ1v) is 9.55. The predicted molar refractivity (Wildman–Crippen MR) is 110 cm³/mol. The molecule has 2 aromatic rings. The third-order valence-corrected chi connectivity index (χ3v) is 5.28. The largest absolute Gasteiger partial charge is 0.336 e. The molecule has 5 heteroatoms. The summed E-state index contributed by atoms with van der Waals surface area (Å²) in [6.45, 7) is 5.89. The van der Waals surface area contributed by atoms with Crippen LogP contribution in [0.1, 0.15) is 24.5 Å². The molecule has 1 aliphatic heterocycles. The molecule has 0 radical (unpaired) electrons. The Morgan fingerprint density at radius 3 is 2.56 bits per heavy atom. The molecule has 0 bridgehead atoms. The number of aryl methyl sites for hydroxylation is 1. The Hall–Kier alpha value is -1.62. The summed E-state index contributed by atoms with van der Waals surface area (Å²) in [7, 11) is 0. The summed E-state index contributed by atoms with van der Waals surface area (Å²) in [5.74, 6) is 0. The second kappa shape index (κ2) is 8.65. The number of hydrogen-bond acceptors (Lipinski definition) is 2. The fourth-order valence-corrected chi connectivity index (χ4v) is 3.63. The molecular formula is C20H24ClN3S. The summed E-state index contributed by atoms with van der Waals surface area (Å²) < 4.78 is 0. The molecule has 0 aliphatic carbocycles.